The van der Waals surface area contributed by atoms with E-state index in [0.29, 0.717) is 5.82 Å². The van der Waals surface area contributed by atoms with Gasteiger partial charge in [0.1, 0.15) is 5.82 Å². The minimum absolute atomic E-state index is 0.0808. The first kappa shape index (κ1) is 16.2. The summed E-state index contributed by atoms with van der Waals surface area (Å²) in [6, 6.07) is 8.21. The number of nitrogens with one attached hydrogen (secondary N) is 1. The molecule has 0 atom stereocenters. The van der Waals surface area contributed by atoms with Crippen LogP contribution in [0.2, 0.25) is 0 Å². The fraction of sp³-hybridized carbons (Fsp3) is 0.316. The lowest BCUT2D eigenvalue weighted by atomic mass is 9.96. The van der Waals surface area contributed by atoms with Crippen LogP contribution in [0.25, 0.3) is 21.2 Å². The zero-order valence-electron chi connectivity index (χ0n) is 14.1. The predicted octanol–water partition coefficient (Wildman–Crippen LogP) is 3.64. The molecule has 4 rings (SSSR count). The summed E-state index contributed by atoms with van der Waals surface area (Å²) in [5.74, 6) is 0.786. The van der Waals surface area contributed by atoms with E-state index < -0.39 is 0 Å². The number of piperidine rings is 1. The number of fused-ring (bicyclic) bond motifs is 1. The average Bonchev–Trinajstić information content (AvgIpc) is 3.16. The lowest BCUT2D eigenvalue weighted by molar-refractivity contribution is -0.121. The van der Waals surface area contributed by atoms with Crippen molar-refractivity contribution in [2.24, 2.45) is 5.92 Å². The van der Waals surface area contributed by atoms with Crippen molar-refractivity contribution < 1.29 is 4.79 Å². The second kappa shape index (κ2) is 6.90. The smallest absolute Gasteiger partial charge is 0.228 e. The molecule has 0 unspecified atom stereocenters. The van der Waals surface area contributed by atoms with Crippen LogP contribution in [0.15, 0.2) is 42.2 Å². The third kappa shape index (κ3) is 3.55. The minimum Gasteiger partial charge on any atom is -0.310 e. The number of anilines is 1. The van der Waals surface area contributed by atoms with Crippen molar-refractivity contribution in [3.8, 4) is 10.4 Å². The van der Waals surface area contributed by atoms with Gasteiger partial charge in [0.05, 0.1) is 10.4 Å². The molecule has 2 aromatic heterocycles. The second-order valence-electron chi connectivity index (χ2n) is 6.56. The summed E-state index contributed by atoms with van der Waals surface area (Å²) in [5, 5.41) is 5.12. The second-order valence-corrected chi connectivity index (χ2v) is 7.45. The summed E-state index contributed by atoms with van der Waals surface area (Å²) >= 11 is 1.62. The normalized spacial score (nSPS) is 16.2. The lowest BCUT2D eigenvalue weighted by Crippen LogP contribution is -2.36. The predicted molar refractivity (Wildman–Crippen MR) is 102 cm³/mol. The van der Waals surface area contributed by atoms with Gasteiger partial charge in [0.2, 0.25) is 5.91 Å². The van der Waals surface area contributed by atoms with Crippen LogP contribution < -0.4 is 5.32 Å². The Morgan fingerprint density at radius 1 is 1.20 bits per heavy atom. The molecule has 0 spiro atoms. The molecular weight excluding hydrogens is 332 g/mol. The number of likely N-dealkylation sites (tertiary alicyclic amines) is 1. The maximum absolute atomic E-state index is 12.5. The van der Waals surface area contributed by atoms with Crippen molar-refractivity contribution in [2.45, 2.75) is 12.8 Å². The van der Waals surface area contributed by atoms with Crippen molar-refractivity contribution in [3.05, 3.63) is 42.2 Å². The van der Waals surface area contributed by atoms with Gasteiger partial charge in [-0.1, -0.05) is 12.1 Å². The Labute approximate surface area is 150 Å². The molecule has 1 aromatic carbocycles. The van der Waals surface area contributed by atoms with Gasteiger partial charge in [-0.05, 0) is 56.1 Å². The first-order chi connectivity index (χ1) is 12.2. The molecule has 1 aliphatic rings. The number of amides is 1. The molecular formula is C19H20N4OS. The highest BCUT2D eigenvalue weighted by molar-refractivity contribution is 7.13. The molecule has 1 amide bonds. The molecule has 0 aliphatic carbocycles. The number of hydrogen-bond donors (Lipinski definition) is 1. The highest BCUT2D eigenvalue weighted by Crippen LogP contribution is 2.28. The van der Waals surface area contributed by atoms with Crippen LogP contribution >= 0.6 is 11.3 Å². The number of benzene rings is 1. The van der Waals surface area contributed by atoms with E-state index in [2.05, 4.69) is 45.4 Å². The van der Waals surface area contributed by atoms with Crippen LogP contribution in [0.3, 0.4) is 0 Å². The Balaban J connectivity index is 1.54. The summed E-state index contributed by atoms with van der Waals surface area (Å²) in [6.07, 6.45) is 5.50. The number of rotatable bonds is 3. The molecule has 128 valence electrons. The van der Waals surface area contributed by atoms with E-state index in [9.17, 15) is 4.79 Å². The summed E-state index contributed by atoms with van der Waals surface area (Å²) in [7, 11) is 2.10. The molecule has 0 saturated carbocycles. The number of hydrogen-bond acceptors (Lipinski definition) is 5. The molecule has 5 nitrogen and oxygen atoms in total. The van der Waals surface area contributed by atoms with Crippen molar-refractivity contribution in [1.82, 2.24) is 14.9 Å². The van der Waals surface area contributed by atoms with Gasteiger partial charge in [0.15, 0.2) is 0 Å². The van der Waals surface area contributed by atoms with E-state index in [0.717, 1.165) is 47.1 Å². The standard InChI is InChI=1S/C19H20N4OS/c1-23-6-4-13(5-7-23)19(24)22-18-9-16-8-14(17-11-20-12-25-17)2-3-15(16)10-21-18/h2-3,8-13H,4-7H2,1H3,(H,21,22,24). The van der Waals surface area contributed by atoms with Gasteiger partial charge in [-0.2, -0.15) is 0 Å². The first-order valence-electron chi connectivity index (χ1n) is 8.47. The molecule has 3 aromatic rings. The average molecular weight is 352 g/mol. The van der Waals surface area contributed by atoms with E-state index in [1.807, 2.05) is 24.0 Å². The minimum atomic E-state index is 0.0808. The van der Waals surface area contributed by atoms with Gasteiger partial charge in [-0.25, -0.2) is 4.98 Å². The zero-order valence-corrected chi connectivity index (χ0v) is 14.9. The summed E-state index contributed by atoms with van der Waals surface area (Å²) in [4.78, 5) is 24.4. The number of aromatic nitrogens is 2. The van der Waals surface area contributed by atoms with Crippen molar-refractivity contribution in [1.29, 1.82) is 0 Å². The van der Waals surface area contributed by atoms with Crippen LogP contribution in [0.1, 0.15) is 12.8 Å². The van der Waals surface area contributed by atoms with Crippen molar-refractivity contribution in [2.75, 3.05) is 25.5 Å². The van der Waals surface area contributed by atoms with E-state index in [-0.39, 0.29) is 11.8 Å². The highest BCUT2D eigenvalue weighted by Gasteiger charge is 2.23. The Morgan fingerprint density at radius 2 is 2.04 bits per heavy atom. The SMILES string of the molecule is CN1CCC(C(=O)Nc2cc3cc(-c4cncs4)ccc3cn2)CC1. The third-order valence-corrected chi connectivity index (χ3v) is 5.60. The number of pyridine rings is 1. The highest BCUT2D eigenvalue weighted by atomic mass is 32.1. The number of carbonyl (C=O) groups excluding carboxylic acids is 1. The van der Waals surface area contributed by atoms with Crippen LogP contribution in [-0.2, 0) is 4.79 Å². The van der Waals surface area contributed by atoms with E-state index >= 15 is 0 Å². The number of carbonyl (C=O) groups is 1. The van der Waals surface area contributed by atoms with E-state index in [1.54, 1.807) is 11.3 Å². The molecule has 1 fully saturated rings. The lowest BCUT2D eigenvalue weighted by Gasteiger charge is -2.27. The fourth-order valence-electron chi connectivity index (χ4n) is 3.22. The van der Waals surface area contributed by atoms with Crippen LogP contribution in [-0.4, -0.2) is 40.9 Å². The Morgan fingerprint density at radius 3 is 2.80 bits per heavy atom. The topological polar surface area (TPSA) is 58.1 Å². The van der Waals surface area contributed by atoms with Gasteiger partial charge in [-0.15, -0.1) is 11.3 Å². The molecule has 3 heterocycles. The van der Waals surface area contributed by atoms with E-state index in [4.69, 9.17) is 0 Å². The Bertz CT molecular complexity index is 886. The van der Waals surface area contributed by atoms with Gasteiger partial charge in [0.25, 0.3) is 0 Å². The molecule has 1 saturated heterocycles. The Hall–Kier alpha value is -2.31. The van der Waals surface area contributed by atoms with Gasteiger partial charge < -0.3 is 10.2 Å². The fourth-order valence-corrected chi connectivity index (χ4v) is 3.84. The van der Waals surface area contributed by atoms with E-state index in [1.165, 1.54) is 0 Å². The molecule has 0 bridgehead atoms. The summed E-state index contributed by atoms with van der Waals surface area (Å²) < 4.78 is 0. The quantitative estimate of drug-likeness (QED) is 0.782. The Kier molecular flexibility index (Phi) is 4.46. The largest absolute Gasteiger partial charge is 0.310 e. The number of thiazole rings is 1. The summed E-state index contributed by atoms with van der Waals surface area (Å²) in [5.41, 5.74) is 2.97. The van der Waals surface area contributed by atoms with Crippen LogP contribution in [0.4, 0.5) is 5.82 Å². The van der Waals surface area contributed by atoms with Crippen LogP contribution in [0.5, 0.6) is 0 Å². The molecule has 0 radical (unpaired) electrons. The van der Waals surface area contributed by atoms with Gasteiger partial charge in [-0.3, -0.25) is 9.78 Å². The first-order valence-corrected chi connectivity index (χ1v) is 9.35. The number of nitrogens with zero attached hydrogens (tertiary/aromatic N) is 3. The summed E-state index contributed by atoms with van der Waals surface area (Å²) in [6.45, 7) is 1.95. The van der Waals surface area contributed by atoms with Gasteiger partial charge in [0, 0.05) is 23.7 Å². The monoisotopic (exact) mass is 352 g/mol. The third-order valence-electron chi connectivity index (χ3n) is 4.78. The molecule has 6 heteroatoms. The molecule has 25 heavy (non-hydrogen) atoms. The maximum atomic E-state index is 12.5. The van der Waals surface area contributed by atoms with Gasteiger partial charge >= 0.3 is 0 Å². The molecule has 1 aliphatic heterocycles. The maximum Gasteiger partial charge on any atom is 0.228 e. The van der Waals surface area contributed by atoms with Crippen molar-refractivity contribution >= 4 is 33.8 Å². The molecule has 1 N–H and O–H groups in total. The van der Waals surface area contributed by atoms with Crippen LogP contribution in [0, 0.1) is 5.92 Å². The van der Waals surface area contributed by atoms with Crippen molar-refractivity contribution in [3.63, 3.8) is 0 Å². The zero-order chi connectivity index (χ0) is 17.2.